The fraction of sp³-hybridized carbons (Fsp3) is 0.500. The van der Waals surface area contributed by atoms with Crippen molar-refractivity contribution >= 4 is 27.9 Å². The van der Waals surface area contributed by atoms with Gasteiger partial charge in [0.05, 0.1) is 36.4 Å². The number of halogens is 1. The third kappa shape index (κ3) is 4.98. The standard InChI is InChI=1S/C20H27BrN2O5/c1-5-8-9-14-16(19(24)28-7-3)17(23-20(25)22-14)12-10-13(21)18(26-4)15(11-12)27-6-2/h10-11,17H,5-9H2,1-4H3,(H2,22,23,25). The number of benzene rings is 1. The molecule has 0 saturated heterocycles. The van der Waals surface area contributed by atoms with E-state index in [0.717, 1.165) is 12.8 Å². The SMILES string of the molecule is CCCCC1=C(C(=O)OCC)C(c2cc(Br)c(OC)c(OCC)c2)NC(=O)N1. The lowest BCUT2D eigenvalue weighted by Gasteiger charge is -2.30. The van der Waals surface area contributed by atoms with E-state index in [1.165, 1.54) is 0 Å². The summed E-state index contributed by atoms with van der Waals surface area (Å²) in [5, 5.41) is 5.61. The minimum Gasteiger partial charge on any atom is -0.492 e. The molecule has 1 heterocycles. The zero-order valence-electron chi connectivity index (χ0n) is 16.7. The van der Waals surface area contributed by atoms with E-state index in [0.29, 0.717) is 45.8 Å². The van der Waals surface area contributed by atoms with Gasteiger partial charge in [0.2, 0.25) is 0 Å². The molecular formula is C20H27BrN2O5. The fourth-order valence-corrected chi connectivity index (χ4v) is 3.71. The van der Waals surface area contributed by atoms with Gasteiger partial charge in [-0.1, -0.05) is 13.3 Å². The number of amides is 2. The van der Waals surface area contributed by atoms with Crippen LogP contribution < -0.4 is 20.1 Å². The van der Waals surface area contributed by atoms with Gasteiger partial charge in [-0.3, -0.25) is 0 Å². The molecule has 0 spiro atoms. The molecule has 1 aromatic rings. The normalized spacial score (nSPS) is 16.3. The Morgan fingerprint density at radius 3 is 2.57 bits per heavy atom. The van der Waals surface area contributed by atoms with E-state index in [1.54, 1.807) is 20.1 Å². The Bertz CT molecular complexity index is 763. The lowest BCUT2D eigenvalue weighted by atomic mass is 9.93. The molecule has 0 bridgehead atoms. The van der Waals surface area contributed by atoms with Crippen molar-refractivity contribution in [3.05, 3.63) is 33.4 Å². The minimum atomic E-state index is -0.652. The first kappa shape index (κ1) is 22.1. The minimum absolute atomic E-state index is 0.251. The van der Waals surface area contributed by atoms with Crippen molar-refractivity contribution in [3.63, 3.8) is 0 Å². The van der Waals surface area contributed by atoms with E-state index in [2.05, 4.69) is 33.5 Å². The molecule has 2 N–H and O–H groups in total. The molecule has 0 fully saturated rings. The van der Waals surface area contributed by atoms with E-state index in [-0.39, 0.29) is 12.6 Å². The maximum absolute atomic E-state index is 12.7. The zero-order chi connectivity index (χ0) is 20.7. The quantitative estimate of drug-likeness (QED) is 0.545. The van der Waals surface area contributed by atoms with Crippen molar-refractivity contribution in [1.29, 1.82) is 0 Å². The smallest absolute Gasteiger partial charge is 0.338 e. The van der Waals surface area contributed by atoms with Crippen LogP contribution in [0.1, 0.15) is 51.6 Å². The van der Waals surface area contributed by atoms with Crippen molar-refractivity contribution in [2.75, 3.05) is 20.3 Å². The van der Waals surface area contributed by atoms with Crippen molar-refractivity contribution < 1.29 is 23.8 Å². The van der Waals surface area contributed by atoms with Crippen LogP contribution >= 0.6 is 15.9 Å². The molecule has 0 aromatic heterocycles. The summed E-state index contributed by atoms with van der Waals surface area (Å²) in [6.45, 7) is 6.39. The van der Waals surface area contributed by atoms with Crippen LogP contribution in [0.4, 0.5) is 4.79 Å². The first-order chi connectivity index (χ1) is 13.5. The average molecular weight is 455 g/mol. The van der Waals surface area contributed by atoms with Gasteiger partial charge in [-0.15, -0.1) is 0 Å². The van der Waals surface area contributed by atoms with Gasteiger partial charge >= 0.3 is 12.0 Å². The van der Waals surface area contributed by atoms with Gasteiger partial charge in [-0.25, -0.2) is 9.59 Å². The van der Waals surface area contributed by atoms with Crippen LogP contribution in [0.3, 0.4) is 0 Å². The summed E-state index contributed by atoms with van der Waals surface area (Å²) in [5.41, 5.74) is 1.70. The highest BCUT2D eigenvalue weighted by Crippen LogP contribution is 2.40. The molecule has 0 radical (unpaired) electrons. The molecule has 2 rings (SSSR count). The first-order valence-electron chi connectivity index (χ1n) is 9.44. The third-order valence-electron chi connectivity index (χ3n) is 4.30. The molecule has 0 saturated carbocycles. The molecular weight excluding hydrogens is 428 g/mol. The summed E-state index contributed by atoms with van der Waals surface area (Å²) in [7, 11) is 1.56. The van der Waals surface area contributed by atoms with Crippen molar-refractivity contribution in [2.24, 2.45) is 0 Å². The number of methoxy groups -OCH3 is 1. The van der Waals surface area contributed by atoms with E-state index >= 15 is 0 Å². The number of hydrogen-bond acceptors (Lipinski definition) is 5. The number of hydrogen-bond donors (Lipinski definition) is 2. The highest BCUT2D eigenvalue weighted by molar-refractivity contribution is 9.10. The van der Waals surface area contributed by atoms with E-state index in [1.807, 2.05) is 13.0 Å². The highest BCUT2D eigenvalue weighted by Gasteiger charge is 2.34. The second-order valence-electron chi connectivity index (χ2n) is 6.21. The second-order valence-corrected chi connectivity index (χ2v) is 7.07. The van der Waals surface area contributed by atoms with Crippen molar-refractivity contribution in [2.45, 2.75) is 46.1 Å². The fourth-order valence-electron chi connectivity index (χ4n) is 3.08. The molecule has 1 unspecified atom stereocenters. The number of esters is 1. The van der Waals surface area contributed by atoms with Gasteiger partial charge in [-0.05, 0) is 60.3 Å². The average Bonchev–Trinajstić information content (AvgIpc) is 2.66. The zero-order valence-corrected chi connectivity index (χ0v) is 18.3. The van der Waals surface area contributed by atoms with Crippen LogP contribution in [0.25, 0.3) is 0 Å². The summed E-state index contributed by atoms with van der Waals surface area (Å²) >= 11 is 3.49. The molecule has 0 aliphatic carbocycles. The molecule has 8 heteroatoms. The Morgan fingerprint density at radius 2 is 1.96 bits per heavy atom. The van der Waals surface area contributed by atoms with Crippen LogP contribution in [0.2, 0.25) is 0 Å². The predicted molar refractivity (Wildman–Crippen MR) is 109 cm³/mol. The summed E-state index contributed by atoms with van der Waals surface area (Å²) < 4.78 is 17.0. The van der Waals surface area contributed by atoms with Crippen LogP contribution in [-0.2, 0) is 9.53 Å². The highest BCUT2D eigenvalue weighted by atomic mass is 79.9. The van der Waals surface area contributed by atoms with Crippen molar-refractivity contribution in [1.82, 2.24) is 10.6 Å². The second kappa shape index (κ2) is 10.4. The molecule has 28 heavy (non-hydrogen) atoms. The van der Waals surface area contributed by atoms with Crippen LogP contribution in [0.15, 0.2) is 27.9 Å². The van der Waals surface area contributed by atoms with E-state index in [4.69, 9.17) is 14.2 Å². The molecule has 7 nitrogen and oxygen atoms in total. The van der Waals surface area contributed by atoms with Gasteiger partial charge in [0, 0.05) is 5.70 Å². The number of unbranched alkanes of at least 4 members (excludes halogenated alkanes) is 1. The summed E-state index contributed by atoms with van der Waals surface area (Å²) in [6, 6.07) is 2.59. The largest absolute Gasteiger partial charge is 0.492 e. The molecule has 154 valence electrons. The first-order valence-corrected chi connectivity index (χ1v) is 10.2. The van der Waals surface area contributed by atoms with Gasteiger partial charge in [-0.2, -0.15) is 0 Å². The number of urea groups is 1. The molecule has 1 atom stereocenters. The van der Waals surface area contributed by atoms with E-state index < -0.39 is 12.0 Å². The number of allylic oxidation sites excluding steroid dienone is 1. The lowest BCUT2D eigenvalue weighted by molar-refractivity contribution is -0.139. The summed E-state index contributed by atoms with van der Waals surface area (Å²) in [4.78, 5) is 25.0. The number of rotatable bonds is 9. The maximum Gasteiger partial charge on any atom is 0.338 e. The topological polar surface area (TPSA) is 85.9 Å². The summed E-state index contributed by atoms with van der Waals surface area (Å²) in [5.74, 6) is 0.634. The van der Waals surface area contributed by atoms with Gasteiger partial charge in [0.25, 0.3) is 0 Å². The number of carbonyl (C=O) groups excluding carboxylic acids is 2. The van der Waals surface area contributed by atoms with Gasteiger partial charge in [0.15, 0.2) is 11.5 Å². The van der Waals surface area contributed by atoms with Crippen LogP contribution in [0, 0.1) is 0 Å². The predicted octanol–water partition coefficient (Wildman–Crippen LogP) is 4.22. The molecule has 2 amide bonds. The maximum atomic E-state index is 12.7. The Morgan fingerprint density at radius 1 is 1.21 bits per heavy atom. The molecule has 1 aliphatic heterocycles. The Hall–Kier alpha value is -2.22. The Balaban J connectivity index is 2.58. The van der Waals surface area contributed by atoms with Gasteiger partial charge < -0.3 is 24.8 Å². The Kier molecular flexibility index (Phi) is 8.17. The summed E-state index contributed by atoms with van der Waals surface area (Å²) in [6.07, 6.45) is 2.38. The number of carbonyl (C=O) groups is 2. The number of nitrogens with one attached hydrogen (secondary N) is 2. The number of ether oxygens (including phenoxy) is 3. The third-order valence-corrected chi connectivity index (χ3v) is 4.89. The van der Waals surface area contributed by atoms with Crippen LogP contribution in [-0.4, -0.2) is 32.3 Å². The van der Waals surface area contributed by atoms with Gasteiger partial charge in [0.1, 0.15) is 0 Å². The molecule has 1 aromatic carbocycles. The Labute approximate surface area is 173 Å². The monoisotopic (exact) mass is 454 g/mol. The van der Waals surface area contributed by atoms with E-state index in [9.17, 15) is 9.59 Å². The van der Waals surface area contributed by atoms with Crippen molar-refractivity contribution in [3.8, 4) is 11.5 Å². The lowest BCUT2D eigenvalue weighted by Crippen LogP contribution is -2.46. The molecule has 1 aliphatic rings. The van der Waals surface area contributed by atoms with Crippen LogP contribution in [0.5, 0.6) is 11.5 Å².